The average molecular weight is 346 g/mol. The van der Waals surface area contributed by atoms with Crippen LogP contribution in [0.3, 0.4) is 0 Å². The van der Waals surface area contributed by atoms with Crippen molar-refractivity contribution in [3.05, 3.63) is 95.3 Å². The van der Waals surface area contributed by atoms with Crippen LogP contribution in [0.15, 0.2) is 73.1 Å². The summed E-state index contributed by atoms with van der Waals surface area (Å²) in [4.78, 5) is 41.9. The van der Waals surface area contributed by atoms with E-state index in [9.17, 15) is 14.4 Å². The molecule has 0 saturated heterocycles. The van der Waals surface area contributed by atoms with Gasteiger partial charge in [-0.15, -0.1) is 0 Å². The van der Waals surface area contributed by atoms with Crippen LogP contribution in [0.1, 0.15) is 36.6 Å². The average Bonchev–Trinajstić information content (AvgIpc) is 3.22. The van der Waals surface area contributed by atoms with Crippen molar-refractivity contribution in [1.29, 1.82) is 0 Å². The van der Waals surface area contributed by atoms with Gasteiger partial charge in [0.25, 0.3) is 11.8 Å². The van der Waals surface area contributed by atoms with Crippen LogP contribution in [0.25, 0.3) is 0 Å². The molecule has 0 fully saturated rings. The normalized spacial score (nSPS) is 13.0. The van der Waals surface area contributed by atoms with Crippen molar-refractivity contribution in [2.45, 2.75) is 6.54 Å². The molecule has 0 N–H and O–H groups in total. The molecule has 0 radical (unpaired) electrons. The van der Waals surface area contributed by atoms with Gasteiger partial charge in [-0.25, -0.2) is 4.79 Å². The number of hydrogen-bond acceptors (Lipinski definition) is 4. The Kier molecular flexibility index (Phi) is 3.85. The number of amides is 2. The highest BCUT2D eigenvalue weighted by atomic mass is 16.7. The highest BCUT2D eigenvalue weighted by Gasteiger charge is 2.38. The first-order valence-corrected chi connectivity index (χ1v) is 8.03. The molecule has 0 bridgehead atoms. The predicted molar refractivity (Wildman–Crippen MR) is 92.3 cm³/mol. The fourth-order valence-corrected chi connectivity index (χ4v) is 2.84. The van der Waals surface area contributed by atoms with Gasteiger partial charge in [-0.1, -0.05) is 47.5 Å². The summed E-state index contributed by atoms with van der Waals surface area (Å²) in [5.41, 5.74) is 1.81. The van der Waals surface area contributed by atoms with E-state index in [0.29, 0.717) is 11.6 Å². The molecule has 0 spiro atoms. The van der Waals surface area contributed by atoms with Crippen LogP contribution in [0.2, 0.25) is 0 Å². The van der Waals surface area contributed by atoms with Gasteiger partial charge in [0.05, 0.1) is 16.7 Å². The van der Waals surface area contributed by atoms with Crippen LogP contribution in [0.5, 0.6) is 0 Å². The largest absolute Gasteiger partial charge is 0.365 e. The number of carbonyl (C=O) groups excluding carboxylic acids is 3. The second-order valence-corrected chi connectivity index (χ2v) is 5.89. The molecule has 1 aliphatic heterocycles. The van der Waals surface area contributed by atoms with Crippen molar-refractivity contribution >= 4 is 17.8 Å². The molecule has 128 valence electrons. The monoisotopic (exact) mass is 346 g/mol. The lowest BCUT2D eigenvalue weighted by Crippen LogP contribution is -2.32. The molecule has 3 aromatic rings. The van der Waals surface area contributed by atoms with E-state index in [1.165, 1.54) is 12.1 Å². The summed E-state index contributed by atoms with van der Waals surface area (Å²) in [6, 6.07) is 17.7. The Morgan fingerprint density at radius 1 is 0.846 bits per heavy atom. The smallest absolute Gasteiger partial charge is 0.349 e. The molecule has 26 heavy (non-hydrogen) atoms. The fraction of sp³-hybridized carbons (Fsp3) is 0.0500. The molecule has 4 rings (SSSR count). The van der Waals surface area contributed by atoms with E-state index in [2.05, 4.69) is 0 Å². The zero-order valence-electron chi connectivity index (χ0n) is 13.7. The minimum absolute atomic E-state index is 0.229. The molecule has 2 aromatic carbocycles. The predicted octanol–water partition coefficient (Wildman–Crippen LogP) is 2.90. The molecule has 1 aromatic heterocycles. The molecule has 2 amide bonds. The number of hydrogen-bond donors (Lipinski definition) is 0. The summed E-state index contributed by atoms with van der Waals surface area (Å²) in [5, 5.41) is 0.515. The molecule has 1 aliphatic rings. The van der Waals surface area contributed by atoms with E-state index in [4.69, 9.17) is 4.84 Å². The highest BCUT2D eigenvalue weighted by Crippen LogP contribution is 2.23. The van der Waals surface area contributed by atoms with E-state index >= 15 is 0 Å². The van der Waals surface area contributed by atoms with Crippen LogP contribution in [0.4, 0.5) is 0 Å². The quantitative estimate of drug-likeness (QED) is 0.681. The summed E-state index contributed by atoms with van der Waals surface area (Å²) in [5.74, 6) is -2.03. The number of imide groups is 1. The van der Waals surface area contributed by atoms with Gasteiger partial charge in [0.1, 0.15) is 0 Å². The van der Waals surface area contributed by atoms with Gasteiger partial charge < -0.3 is 9.40 Å². The molecular formula is C20H14N2O4. The number of rotatable bonds is 4. The molecule has 0 unspecified atom stereocenters. The fourth-order valence-electron chi connectivity index (χ4n) is 2.84. The first-order valence-electron chi connectivity index (χ1n) is 8.03. The van der Waals surface area contributed by atoms with Gasteiger partial charge in [0, 0.05) is 18.9 Å². The summed E-state index contributed by atoms with van der Waals surface area (Å²) < 4.78 is 1.83. The van der Waals surface area contributed by atoms with Crippen molar-refractivity contribution in [1.82, 2.24) is 9.63 Å². The lowest BCUT2D eigenvalue weighted by Gasteiger charge is -2.11. The van der Waals surface area contributed by atoms with Gasteiger partial charge in [0.2, 0.25) is 0 Å². The number of fused-ring (bicyclic) bond motifs is 1. The van der Waals surface area contributed by atoms with Crippen LogP contribution < -0.4 is 0 Å². The Labute approximate surface area is 149 Å². The Bertz CT molecular complexity index is 972. The molecule has 2 heterocycles. The van der Waals surface area contributed by atoms with Gasteiger partial charge >= 0.3 is 5.97 Å². The van der Waals surface area contributed by atoms with Gasteiger partial charge in [-0.05, 0) is 23.8 Å². The summed E-state index contributed by atoms with van der Waals surface area (Å²) >= 11 is 0. The molecule has 6 heteroatoms. The third kappa shape index (κ3) is 2.77. The Morgan fingerprint density at radius 2 is 1.46 bits per heavy atom. The Hall–Kier alpha value is -3.67. The number of hydroxylamine groups is 2. The Balaban J connectivity index is 1.48. The zero-order chi connectivity index (χ0) is 18.1. The second-order valence-electron chi connectivity index (χ2n) is 5.89. The molecule has 0 atom stereocenters. The number of benzene rings is 2. The lowest BCUT2D eigenvalue weighted by molar-refractivity contribution is -0.0584. The maximum Gasteiger partial charge on any atom is 0.365 e. The lowest BCUT2D eigenvalue weighted by atomic mass is 10.1. The maximum atomic E-state index is 12.3. The first kappa shape index (κ1) is 15.8. The summed E-state index contributed by atoms with van der Waals surface area (Å²) in [6.07, 6.45) is 3.36. The highest BCUT2D eigenvalue weighted by molar-refractivity contribution is 6.21. The second kappa shape index (κ2) is 6.33. The van der Waals surface area contributed by atoms with Gasteiger partial charge in [-0.3, -0.25) is 9.59 Å². The van der Waals surface area contributed by atoms with Crippen molar-refractivity contribution in [2.24, 2.45) is 0 Å². The van der Waals surface area contributed by atoms with E-state index < -0.39 is 17.8 Å². The summed E-state index contributed by atoms with van der Waals surface area (Å²) in [7, 11) is 0. The standard InChI is InChI=1S/C20H14N2O4/c23-18-16-8-4-5-9-17(16)19(24)22(18)26-20(25)15-10-11-21(13-15)12-14-6-2-1-3-7-14/h1-11,13H,12H2. The van der Waals surface area contributed by atoms with Crippen LogP contribution in [-0.4, -0.2) is 27.4 Å². The maximum absolute atomic E-state index is 12.3. The van der Waals surface area contributed by atoms with Crippen molar-refractivity contribution < 1.29 is 19.2 Å². The van der Waals surface area contributed by atoms with E-state index in [-0.39, 0.29) is 16.7 Å². The minimum Gasteiger partial charge on any atom is -0.349 e. The van der Waals surface area contributed by atoms with Crippen molar-refractivity contribution in [3.63, 3.8) is 0 Å². The molecule has 0 saturated carbocycles. The zero-order valence-corrected chi connectivity index (χ0v) is 13.7. The van der Waals surface area contributed by atoms with Crippen LogP contribution in [-0.2, 0) is 11.4 Å². The topological polar surface area (TPSA) is 68.6 Å². The minimum atomic E-state index is -0.758. The first-order chi connectivity index (χ1) is 12.6. The number of nitrogens with zero attached hydrogens (tertiary/aromatic N) is 2. The van der Waals surface area contributed by atoms with Gasteiger partial charge in [0.15, 0.2) is 0 Å². The summed E-state index contributed by atoms with van der Waals surface area (Å²) in [6.45, 7) is 0.598. The third-order valence-electron chi connectivity index (χ3n) is 4.13. The van der Waals surface area contributed by atoms with Crippen LogP contribution in [0, 0.1) is 0 Å². The van der Waals surface area contributed by atoms with E-state index in [1.807, 2.05) is 34.9 Å². The number of carbonyl (C=O) groups is 3. The van der Waals surface area contributed by atoms with Crippen molar-refractivity contribution in [3.8, 4) is 0 Å². The van der Waals surface area contributed by atoms with Crippen molar-refractivity contribution in [2.75, 3.05) is 0 Å². The van der Waals surface area contributed by atoms with Crippen LogP contribution >= 0.6 is 0 Å². The third-order valence-corrected chi connectivity index (χ3v) is 4.13. The Morgan fingerprint density at radius 3 is 2.12 bits per heavy atom. The molecule has 6 nitrogen and oxygen atoms in total. The van der Waals surface area contributed by atoms with E-state index in [1.54, 1.807) is 30.6 Å². The SMILES string of the molecule is O=C(ON1C(=O)c2ccccc2C1=O)c1ccn(Cc2ccccc2)c1. The number of aromatic nitrogens is 1. The molecule has 0 aliphatic carbocycles. The molecular weight excluding hydrogens is 332 g/mol. The van der Waals surface area contributed by atoms with E-state index in [0.717, 1.165) is 5.56 Å². The van der Waals surface area contributed by atoms with Gasteiger partial charge in [-0.2, -0.15) is 0 Å².